The number of hydrogen-bond acceptors (Lipinski definition) is 6. The SMILES string of the molecule is CSc1nc(O[C@H]2CCCC[C@@H]2O)cc(-n2c(C(F)F)nc3ccccc32)n1. The Morgan fingerprint density at radius 2 is 1.96 bits per heavy atom. The number of aliphatic hydroxyl groups is 1. The molecule has 0 bridgehead atoms. The lowest BCUT2D eigenvalue weighted by Gasteiger charge is -2.27. The van der Waals surface area contributed by atoms with Crippen molar-refractivity contribution in [2.45, 2.75) is 49.5 Å². The van der Waals surface area contributed by atoms with Gasteiger partial charge in [-0.1, -0.05) is 30.3 Å². The highest BCUT2D eigenvalue weighted by atomic mass is 32.2. The number of nitrogens with zero attached hydrogens (tertiary/aromatic N) is 4. The Morgan fingerprint density at radius 3 is 2.71 bits per heavy atom. The molecule has 0 radical (unpaired) electrons. The van der Waals surface area contributed by atoms with Crippen LogP contribution in [0.1, 0.15) is 37.9 Å². The van der Waals surface area contributed by atoms with Gasteiger partial charge in [0.25, 0.3) is 6.43 Å². The van der Waals surface area contributed by atoms with Crippen LogP contribution in [0.3, 0.4) is 0 Å². The second kappa shape index (κ2) is 8.00. The van der Waals surface area contributed by atoms with Gasteiger partial charge in [0.1, 0.15) is 11.9 Å². The van der Waals surface area contributed by atoms with E-state index < -0.39 is 12.5 Å². The monoisotopic (exact) mass is 406 g/mol. The Bertz CT molecular complexity index is 982. The maximum Gasteiger partial charge on any atom is 0.296 e. The number of halogens is 2. The molecule has 28 heavy (non-hydrogen) atoms. The molecule has 4 rings (SSSR count). The quantitative estimate of drug-likeness (QED) is 0.507. The van der Waals surface area contributed by atoms with Crippen molar-refractivity contribution in [3.63, 3.8) is 0 Å². The molecule has 1 aromatic carbocycles. The van der Waals surface area contributed by atoms with E-state index in [0.29, 0.717) is 22.6 Å². The molecule has 0 unspecified atom stereocenters. The Morgan fingerprint density at radius 1 is 1.18 bits per heavy atom. The molecule has 0 aliphatic heterocycles. The third kappa shape index (κ3) is 3.68. The van der Waals surface area contributed by atoms with E-state index in [1.54, 1.807) is 30.5 Å². The first-order chi connectivity index (χ1) is 13.6. The molecule has 1 saturated carbocycles. The number of imidazole rings is 1. The smallest absolute Gasteiger partial charge is 0.296 e. The van der Waals surface area contributed by atoms with Crippen molar-refractivity contribution in [1.29, 1.82) is 0 Å². The average molecular weight is 406 g/mol. The van der Waals surface area contributed by atoms with Crippen LogP contribution in [0.25, 0.3) is 16.9 Å². The third-order valence-corrected chi connectivity index (χ3v) is 5.35. The summed E-state index contributed by atoms with van der Waals surface area (Å²) < 4.78 is 34.6. The van der Waals surface area contributed by atoms with Crippen LogP contribution in [0, 0.1) is 0 Å². The summed E-state index contributed by atoms with van der Waals surface area (Å²) in [6.45, 7) is 0. The molecule has 0 amide bonds. The fraction of sp³-hybridized carbons (Fsp3) is 0.421. The average Bonchev–Trinajstić information content (AvgIpc) is 3.09. The van der Waals surface area contributed by atoms with Crippen LogP contribution in [0.4, 0.5) is 8.78 Å². The van der Waals surface area contributed by atoms with Gasteiger partial charge < -0.3 is 9.84 Å². The van der Waals surface area contributed by atoms with Crippen molar-refractivity contribution in [3.05, 3.63) is 36.2 Å². The molecule has 9 heteroatoms. The third-order valence-electron chi connectivity index (χ3n) is 4.80. The number of aliphatic hydroxyl groups excluding tert-OH is 1. The second-order valence-corrected chi connectivity index (χ2v) is 7.43. The number of hydrogen-bond donors (Lipinski definition) is 1. The van der Waals surface area contributed by atoms with Crippen molar-refractivity contribution >= 4 is 22.8 Å². The van der Waals surface area contributed by atoms with Gasteiger partial charge in [0.15, 0.2) is 11.0 Å². The van der Waals surface area contributed by atoms with E-state index in [2.05, 4.69) is 15.0 Å². The first kappa shape index (κ1) is 19.1. The van der Waals surface area contributed by atoms with Crippen molar-refractivity contribution in [2.24, 2.45) is 0 Å². The van der Waals surface area contributed by atoms with Gasteiger partial charge in [-0.15, -0.1) is 0 Å². The Kier molecular flexibility index (Phi) is 5.45. The van der Waals surface area contributed by atoms with Crippen molar-refractivity contribution < 1.29 is 18.6 Å². The molecule has 148 valence electrons. The zero-order valence-electron chi connectivity index (χ0n) is 15.3. The molecule has 3 aromatic rings. The Labute approximate surface area is 165 Å². The first-order valence-corrected chi connectivity index (χ1v) is 10.3. The molecular formula is C19H20F2N4O2S. The summed E-state index contributed by atoms with van der Waals surface area (Å²) in [5, 5.41) is 10.6. The van der Waals surface area contributed by atoms with Crippen LogP contribution in [0.5, 0.6) is 5.88 Å². The minimum atomic E-state index is -2.76. The molecule has 1 aliphatic rings. The Hall–Kier alpha value is -2.26. The van der Waals surface area contributed by atoms with E-state index in [-0.39, 0.29) is 23.6 Å². The van der Waals surface area contributed by atoms with E-state index in [1.165, 1.54) is 22.4 Å². The number of thioether (sulfide) groups is 1. The molecule has 0 spiro atoms. The van der Waals surface area contributed by atoms with Gasteiger partial charge in [0.05, 0.1) is 17.1 Å². The molecule has 1 fully saturated rings. The predicted octanol–water partition coefficient (Wildman–Crippen LogP) is 4.16. The lowest BCUT2D eigenvalue weighted by atomic mass is 9.95. The fourth-order valence-corrected chi connectivity index (χ4v) is 3.83. The van der Waals surface area contributed by atoms with Gasteiger partial charge in [-0.25, -0.2) is 18.7 Å². The van der Waals surface area contributed by atoms with Gasteiger partial charge in [-0.2, -0.15) is 4.98 Å². The fourth-order valence-electron chi connectivity index (χ4n) is 3.46. The predicted molar refractivity (Wildman–Crippen MR) is 102 cm³/mol. The summed E-state index contributed by atoms with van der Waals surface area (Å²) in [4.78, 5) is 12.8. The highest BCUT2D eigenvalue weighted by molar-refractivity contribution is 7.98. The van der Waals surface area contributed by atoms with E-state index in [1.807, 2.05) is 0 Å². The minimum absolute atomic E-state index is 0.262. The van der Waals surface area contributed by atoms with Crippen LogP contribution < -0.4 is 4.74 Å². The van der Waals surface area contributed by atoms with Crippen LogP contribution in [-0.4, -0.2) is 43.1 Å². The van der Waals surface area contributed by atoms with Crippen LogP contribution in [-0.2, 0) is 0 Å². The van der Waals surface area contributed by atoms with Gasteiger partial charge in [-0.05, 0) is 37.7 Å². The topological polar surface area (TPSA) is 73.1 Å². The number of ether oxygens (including phenoxy) is 1. The molecule has 1 N–H and O–H groups in total. The number of fused-ring (bicyclic) bond motifs is 1. The van der Waals surface area contributed by atoms with Gasteiger partial charge in [0.2, 0.25) is 5.88 Å². The van der Waals surface area contributed by atoms with E-state index in [4.69, 9.17) is 4.74 Å². The summed E-state index contributed by atoms with van der Waals surface area (Å²) in [7, 11) is 0. The van der Waals surface area contributed by atoms with Gasteiger partial charge in [-0.3, -0.25) is 4.57 Å². The highest BCUT2D eigenvalue weighted by Gasteiger charge is 2.26. The molecular weight excluding hydrogens is 386 g/mol. The number of benzene rings is 1. The number of aromatic nitrogens is 4. The molecule has 1 aliphatic carbocycles. The summed E-state index contributed by atoms with van der Waals surface area (Å²) in [5.74, 6) is 0.151. The van der Waals surface area contributed by atoms with Gasteiger partial charge >= 0.3 is 0 Å². The second-order valence-electron chi connectivity index (χ2n) is 6.65. The normalized spacial score (nSPS) is 20.0. The van der Waals surface area contributed by atoms with Crippen molar-refractivity contribution in [1.82, 2.24) is 19.5 Å². The zero-order chi connectivity index (χ0) is 19.7. The van der Waals surface area contributed by atoms with E-state index in [9.17, 15) is 13.9 Å². The molecule has 2 heterocycles. The summed E-state index contributed by atoms with van der Waals surface area (Å²) >= 11 is 1.29. The van der Waals surface area contributed by atoms with Crippen LogP contribution >= 0.6 is 11.8 Å². The van der Waals surface area contributed by atoms with E-state index in [0.717, 1.165) is 19.3 Å². The van der Waals surface area contributed by atoms with Crippen LogP contribution in [0.2, 0.25) is 0 Å². The number of alkyl halides is 2. The lowest BCUT2D eigenvalue weighted by molar-refractivity contribution is 0.00409. The van der Waals surface area contributed by atoms with Crippen molar-refractivity contribution in [2.75, 3.05) is 6.26 Å². The summed E-state index contributed by atoms with van der Waals surface area (Å²) in [6, 6.07) is 8.45. The maximum atomic E-state index is 13.7. The standard InChI is InChI=1S/C19H20F2N4O2S/c1-28-19-23-15(10-16(24-19)27-14-9-5-4-8-13(14)26)25-12-7-3-2-6-11(12)22-18(25)17(20)21/h2-3,6-7,10,13-14,17,26H,4-5,8-9H2,1H3/t13-,14-/m0/s1. The molecule has 6 nitrogen and oxygen atoms in total. The molecule has 2 atom stereocenters. The summed E-state index contributed by atoms with van der Waals surface area (Å²) in [6.07, 6.45) is 1.46. The van der Waals surface area contributed by atoms with Crippen LogP contribution in [0.15, 0.2) is 35.5 Å². The summed E-state index contributed by atoms with van der Waals surface area (Å²) in [5.41, 5.74) is 1.000. The minimum Gasteiger partial charge on any atom is -0.471 e. The molecule has 2 aromatic heterocycles. The lowest BCUT2D eigenvalue weighted by Crippen LogP contribution is -2.34. The largest absolute Gasteiger partial charge is 0.471 e. The molecule has 0 saturated heterocycles. The zero-order valence-corrected chi connectivity index (χ0v) is 16.1. The van der Waals surface area contributed by atoms with Crippen molar-refractivity contribution in [3.8, 4) is 11.7 Å². The highest BCUT2D eigenvalue weighted by Crippen LogP contribution is 2.30. The van der Waals surface area contributed by atoms with Gasteiger partial charge in [0, 0.05) is 6.07 Å². The maximum absolute atomic E-state index is 13.7. The Balaban J connectivity index is 1.80. The first-order valence-electron chi connectivity index (χ1n) is 9.10. The number of rotatable bonds is 5. The number of para-hydroxylation sites is 2. The van der Waals surface area contributed by atoms with E-state index >= 15 is 0 Å².